The summed E-state index contributed by atoms with van der Waals surface area (Å²) in [6.45, 7) is 10.3. The van der Waals surface area contributed by atoms with Gasteiger partial charge in [0, 0.05) is 31.0 Å². The second kappa shape index (κ2) is 11.5. The molecule has 0 bridgehead atoms. The summed E-state index contributed by atoms with van der Waals surface area (Å²) in [4.78, 5) is 16.9. The Labute approximate surface area is 228 Å². The minimum atomic E-state index is -5.00. The van der Waals surface area contributed by atoms with Gasteiger partial charge in [0.15, 0.2) is 14.0 Å². The third-order valence-electron chi connectivity index (χ3n) is 6.58. The Morgan fingerprint density at radius 3 is 2.08 bits per heavy atom. The van der Waals surface area contributed by atoms with Crippen LogP contribution in [0.2, 0.25) is 18.1 Å². The largest absolute Gasteiger partial charge is 0.416 e. The van der Waals surface area contributed by atoms with E-state index in [1.165, 1.54) is 24.5 Å². The van der Waals surface area contributed by atoms with Gasteiger partial charge in [0.2, 0.25) is 0 Å². The van der Waals surface area contributed by atoms with E-state index in [1.54, 1.807) is 0 Å². The summed E-state index contributed by atoms with van der Waals surface area (Å²) in [5, 5.41) is 7.75. The van der Waals surface area contributed by atoms with Crippen LogP contribution in [0.25, 0.3) is 11.3 Å². The highest BCUT2D eigenvalue weighted by Crippen LogP contribution is 2.37. The SMILES string of the molecule is CC(C)(C)[Si](C)(C)OCCC#CC(=O)c1nnn(Cc2cc(C(F)(F)F)cc(C(F)(F)F)c2)c1-c1ccncc1. The molecular formula is C27H28F6N4O2Si. The van der Waals surface area contributed by atoms with Crippen molar-refractivity contribution in [3.05, 3.63) is 65.1 Å². The monoisotopic (exact) mass is 582 g/mol. The second-order valence-corrected chi connectivity index (χ2v) is 15.4. The van der Waals surface area contributed by atoms with Gasteiger partial charge in [-0.1, -0.05) is 31.9 Å². The molecule has 1 aromatic carbocycles. The van der Waals surface area contributed by atoms with Crippen molar-refractivity contribution >= 4 is 14.1 Å². The highest BCUT2D eigenvalue weighted by atomic mass is 28.4. The van der Waals surface area contributed by atoms with Crippen LogP contribution in [0.4, 0.5) is 26.3 Å². The predicted octanol–water partition coefficient (Wildman–Crippen LogP) is 7.02. The molecule has 0 aliphatic rings. The van der Waals surface area contributed by atoms with Crippen LogP contribution in [0.3, 0.4) is 0 Å². The summed E-state index contributed by atoms with van der Waals surface area (Å²) >= 11 is 0. The fraction of sp³-hybridized carbons (Fsp3) is 0.407. The zero-order chi connectivity index (χ0) is 29.9. The summed E-state index contributed by atoms with van der Waals surface area (Å²) in [6.07, 6.45) is -6.90. The van der Waals surface area contributed by atoms with E-state index in [0.29, 0.717) is 24.3 Å². The van der Waals surface area contributed by atoms with Gasteiger partial charge in [-0.25, -0.2) is 4.68 Å². The Morgan fingerprint density at radius 2 is 1.55 bits per heavy atom. The van der Waals surface area contributed by atoms with E-state index >= 15 is 0 Å². The quantitative estimate of drug-likeness (QED) is 0.0748. The summed E-state index contributed by atoms with van der Waals surface area (Å²) in [5.41, 5.74) is -2.95. The molecule has 40 heavy (non-hydrogen) atoms. The van der Waals surface area contributed by atoms with Gasteiger partial charge < -0.3 is 4.43 Å². The van der Waals surface area contributed by atoms with Crippen molar-refractivity contribution in [2.75, 3.05) is 6.61 Å². The smallest absolute Gasteiger partial charge is 0.416 e. The fourth-order valence-electron chi connectivity index (χ4n) is 3.43. The number of alkyl halides is 6. The molecule has 0 aliphatic carbocycles. The maximum Gasteiger partial charge on any atom is 0.416 e. The first kappa shape index (κ1) is 31.0. The van der Waals surface area contributed by atoms with Crippen LogP contribution in [0.1, 0.15) is 54.4 Å². The number of benzene rings is 1. The van der Waals surface area contributed by atoms with Crippen LogP contribution in [0.15, 0.2) is 42.7 Å². The number of pyridine rings is 1. The van der Waals surface area contributed by atoms with Crippen LogP contribution in [-0.4, -0.2) is 40.7 Å². The van der Waals surface area contributed by atoms with Gasteiger partial charge in [-0.05, 0) is 59.9 Å². The highest BCUT2D eigenvalue weighted by Gasteiger charge is 2.38. The number of hydrogen-bond acceptors (Lipinski definition) is 5. The Morgan fingerprint density at radius 1 is 0.975 bits per heavy atom. The molecule has 0 saturated carbocycles. The molecule has 0 atom stereocenters. The van der Waals surface area contributed by atoms with Crippen molar-refractivity contribution in [2.45, 2.75) is 64.2 Å². The third-order valence-corrected chi connectivity index (χ3v) is 11.1. The van der Waals surface area contributed by atoms with Crippen molar-refractivity contribution in [1.82, 2.24) is 20.0 Å². The molecule has 0 spiro atoms. The lowest BCUT2D eigenvalue weighted by Crippen LogP contribution is -2.40. The number of carbonyl (C=O) groups excluding carboxylic acids is 1. The molecule has 0 fully saturated rings. The van der Waals surface area contributed by atoms with E-state index in [4.69, 9.17) is 4.43 Å². The van der Waals surface area contributed by atoms with Crippen LogP contribution < -0.4 is 0 Å². The number of aromatic nitrogens is 4. The number of nitrogens with zero attached hydrogens (tertiary/aromatic N) is 4. The molecule has 0 aliphatic heterocycles. The topological polar surface area (TPSA) is 69.9 Å². The molecule has 0 radical (unpaired) electrons. The van der Waals surface area contributed by atoms with Gasteiger partial charge in [-0.2, -0.15) is 26.3 Å². The van der Waals surface area contributed by atoms with E-state index in [-0.39, 0.29) is 34.5 Å². The third kappa shape index (κ3) is 7.57. The van der Waals surface area contributed by atoms with Gasteiger partial charge in [-0.15, -0.1) is 5.10 Å². The summed E-state index contributed by atoms with van der Waals surface area (Å²) in [5.74, 6) is 4.54. The lowest BCUT2D eigenvalue weighted by atomic mass is 10.0. The van der Waals surface area contributed by atoms with E-state index in [2.05, 4.69) is 61.0 Å². The zero-order valence-corrected chi connectivity index (χ0v) is 23.5. The van der Waals surface area contributed by atoms with Gasteiger partial charge in [0.25, 0.3) is 5.78 Å². The summed E-state index contributed by atoms with van der Waals surface area (Å²) in [7, 11) is -1.99. The number of hydrogen-bond donors (Lipinski definition) is 0. The first-order valence-corrected chi connectivity index (χ1v) is 15.1. The first-order valence-electron chi connectivity index (χ1n) is 12.2. The summed E-state index contributed by atoms with van der Waals surface area (Å²) < 4.78 is 87.2. The van der Waals surface area contributed by atoms with E-state index < -0.39 is 44.1 Å². The van der Waals surface area contributed by atoms with Crippen molar-refractivity contribution < 1.29 is 35.6 Å². The molecular weight excluding hydrogens is 554 g/mol. The molecule has 2 aromatic heterocycles. The molecule has 0 N–H and O–H groups in total. The number of ketones is 1. The average Bonchev–Trinajstić information content (AvgIpc) is 3.25. The molecule has 13 heteroatoms. The Kier molecular flexibility index (Phi) is 8.95. The molecule has 214 valence electrons. The zero-order valence-electron chi connectivity index (χ0n) is 22.5. The molecule has 6 nitrogen and oxygen atoms in total. The normalized spacial score (nSPS) is 12.7. The molecule has 0 saturated heterocycles. The number of carbonyl (C=O) groups is 1. The van der Waals surface area contributed by atoms with Crippen LogP contribution in [0, 0.1) is 11.8 Å². The minimum Gasteiger partial charge on any atom is -0.416 e. The van der Waals surface area contributed by atoms with E-state index in [0.717, 1.165) is 4.68 Å². The van der Waals surface area contributed by atoms with Crippen molar-refractivity contribution in [2.24, 2.45) is 0 Å². The van der Waals surface area contributed by atoms with Crippen molar-refractivity contribution in [1.29, 1.82) is 0 Å². The Bertz CT molecular complexity index is 1380. The molecule has 3 aromatic rings. The Hall–Kier alpha value is -3.50. The number of rotatable bonds is 7. The second-order valence-electron chi connectivity index (χ2n) is 10.6. The lowest BCUT2D eigenvalue weighted by Gasteiger charge is -2.35. The van der Waals surface area contributed by atoms with Gasteiger partial charge in [-0.3, -0.25) is 9.78 Å². The highest BCUT2D eigenvalue weighted by molar-refractivity contribution is 6.74. The van der Waals surface area contributed by atoms with Crippen LogP contribution >= 0.6 is 0 Å². The van der Waals surface area contributed by atoms with Crippen LogP contribution in [-0.2, 0) is 23.3 Å². The maximum absolute atomic E-state index is 13.3. The predicted molar refractivity (Wildman–Crippen MR) is 139 cm³/mol. The van der Waals surface area contributed by atoms with Gasteiger partial charge >= 0.3 is 12.4 Å². The number of Topliss-reactive ketones (excluding diaryl/α,β-unsaturated/α-hetero) is 1. The first-order chi connectivity index (χ1) is 18.4. The molecule has 0 amide bonds. The van der Waals surface area contributed by atoms with E-state index in [1.807, 2.05) is 0 Å². The number of halogens is 6. The van der Waals surface area contributed by atoms with Crippen molar-refractivity contribution in [3.63, 3.8) is 0 Å². The molecule has 0 unspecified atom stereocenters. The molecule has 3 rings (SSSR count). The van der Waals surface area contributed by atoms with Crippen LogP contribution in [0.5, 0.6) is 0 Å². The summed E-state index contributed by atoms with van der Waals surface area (Å²) in [6, 6.07) is 4.29. The standard InChI is InChI=1S/C27H28F6N4O2Si/c1-25(2,3)40(4,5)39-13-7-6-8-22(38)23-24(19-9-11-34-12-10-19)37(36-35-23)17-18-14-20(26(28,29)30)16-21(15-18)27(31,32)33/h9-12,14-16H,7,13,17H2,1-5H3. The maximum atomic E-state index is 13.3. The Balaban J connectivity index is 1.94. The molecule has 2 heterocycles. The average molecular weight is 583 g/mol. The van der Waals surface area contributed by atoms with Gasteiger partial charge in [0.05, 0.1) is 17.7 Å². The van der Waals surface area contributed by atoms with Crippen molar-refractivity contribution in [3.8, 4) is 23.1 Å². The fourth-order valence-corrected chi connectivity index (χ4v) is 4.48. The van der Waals surface area contributed by atoms with E-state index in [9.17, 15) is 31.1 Å². The van der Waals surface area contributed by atoms with Gasteiger partial charge in [0.1, 0.15) is 5.69 Å². The lowest BCUT2D eigenvalue weighted by molar-refractivity contribution is -0.143. The minimum absolute atomic E-state index is 0.00860.